The molecule has 36 heavy (non-hydrogen) atoms. The Bertz CT molecular complexity index is 1360. The van der Waals surface area contributed by atoms with Gasteiger partial charge in [0.2, 0.25) is 15.9 Å². The monoisotopic (exact) mass is 524 g/mol. The van der Waals surface area contributed by atoms with Gasteiger partial charge in [-0.3, -0.25) is 14.8 Å². The summed E-state index contributed by atoms with van der Waals surface area (Å²) in [6.07, 6.45) is -1.79. The van der Waals surface area contributed by atoms with E-state index in [1.54, 1.807) is 0 Å². The molecule has 1 atom stereocenters. The molecule has 190 valence electrons. The molecule has 0 spiro atoms. The third kappa shape index (κ3) is 5.31. The second-order valence-corrected chi connectivity index (χ2v) is 9.96. The molecule has 4 rings (SSSR count). The van der Waals surface area contributed by atoms with Crippen molar-refractivity contribution < 1.29 is 35.9 Å². The lowest BCUT2D eigenvalue weighted by molar-refractivity contribution is -0.141. The highest BCUT2D eigenvalue weighted by atomic mass is 32.2. The number of amides is 1. The molecule has 1 amide bonds. The molecular weight excluding hydrogens is 504 g/mol. The fraction of sp³-hybridized carbons (Fsp3) is 0.261. The summed E-state index contributed by atoms with van der Waals surface area (Å²) in [7, 11) is -4.02. The topological polar surface area (TPSA) is 112 Å². The molecule has 0 aliphatic carbocycles. The van der Waals surface area contributed by atoms with Crippen molar-refractivity contribution in [3.63, 3.8) is 0 Å². The Kier molecular flexibility index (Phi) is 6.96. The van der Waals surface area contributed by atoms with Crippen molar-refractivity contribution in [2.75, 3.05) is 6.54 Å². The third-order valence-electron chi connectivity index (χ3n) is 5.67. The van der Waals surface area contributed by atoms with Crippen LogP contribution in [0.25, 0.3) is 11.1 Å². The van der Waals surface area contributed by atoms with Gasteiger partial charge in [-0.15, -0.1) is 0 Å². The van der Waals surface area contributed by atoms with Gasteiger partial charge in [0.15, 0.2) is 0 Å². The van der Waals surface area contributed by atoms with Crippen molar-refractivity contribution in [1.29, 1.82) is 0 Å². The molecule has 1 saturated heterocycles. The molecule has 1 aliphatic rings. The Labute approximate surface area is 203 Å². The first kappa shape index (κ1) is 25.5. The second-order valence-electron chi connectivity index (χ2n) is 8.07. The Morgan fingerprint density at radius 1 is 1.11 bits per heavy atom. The van der Waals surface area contributed by atoms with Crippen LogP contribution in [0.5, 0.6) is 5.75 Å². The smallest absolute Gasteiger partial charge is 0.433 e. The van der Waals surface area contributed by atoms with E-state index in [-0.39, 0.29) is 47.0 Å². The van der Waals surface area contributed by atoms with Crippen molar-refractivity contribution in [3.8, 4) is 16.9 Å². The number of nitrogens with one attached hydrogen (secondary N) is 1. The van der Waals surface area contributed by atoms with Crippen molar-refractivity contribution in [1.82, 2.24) is 19.6 Å². The molecule has 1 fully saturated rings. The maximum Gasteiger partial charge on any atom is 0.433 e. The van der Waals surface area contributed by atoms with Gasteiger partial charge in [0, 0.05) is 23.9 Å². The molecule has 2 aromatic heterocycles. The normalized spacial score (nSPS) is 16.7. The molecule has 2 N–H and O–H groups in total. The van der Waals surface area contributed by atoms with E-state index in [1.165, 1.54) is 6.07 Å². The van der Waals surface area contributed by atoms with Crippen LogP contribution in [-0.2, 0) is 27.5 Å². The van der Waals surface area contributed by atoms with Gasteiger partial charge in [0.25, 0.3) is 0 Å². The summed E-state index contributed by atoms with van der Waals surface area (Å²) in [4.78, 5) is 20.1. The number of hydrogen-bond donors (Lipinski definition) is 2. The Hall–Kier alpha value is -3.58. The van der Waals surface area contributed by atoms with Gasteiger partial charge in [-0.05, 0) is 49.2 Å². The average Bonchev–Trinajstić information content (AvgIpc) is 3.34. The summed E-state index contributed by atoms with van der Waals surface area (Å²) in [6.45, 7) is 0.00143. The molecule has 1 aliphatic heterocycles. The lowest BCUT2D eigenvalue weighted by atomic mass is 10.1. The predicted molar refractivity (Wildman–Crippen MR) is 119 cm³/mol. The number of pyridine rings is 2. The summed E-state index contributed by atoms with van der Waals surface area (Å²) < 4.78 is 78.5. The number of hydrogen-bond acceptors (Lipinski definition) is 6. The fourth-order valence-corrected chi connectivity index (χ4v) is 5.52. The number of nitrogens with zero attached hydrogens (tertiary/aromatic N) is 3. The summed E-state index contributed by atoms with van der Waals surface area (Å²) in [5.41, 5.74) is -0.425. The largest absolute Gasteiger partial charge is 0.506 e. The number of alkyl halides is 3. The summed E-state index contributed by atoms with van der Waals surface area (Å²) in [5.74, 6) is -1.44. The zero-order valence-corrected chi connectivity index (χ0v) is 19.4. The first-order valence-electron chi connectivity index (χ1n) is 10.7. The number of rotatable bonds is 6. The number of aromatic hydroxyl groups is 1. The highest BCUT2D eigenvalue weighted by molar-refractivity contribution is 7.89. The van der Waals surface area contributed by atoms with Crippen LogP contribution in [0.2, 0.25) is 0 Å². The molecule has 3 heterocycles. The summed E-state index contributed by atoms with van der Waals surface area (Å²) in [6, 6.07) is 6.68. The Morgan fingerprint density at radius 3 is 2.47 bits per heavy atom. The third-order valence-corrected chi connectivity index (χ3v) is 7.60. The van der Waals surface area contributed by atoms with E-state index in [0.717, 1.165) is 53.1 Å². The van der Waals surface area contributed by atoms with Crippen molar-refractivity contribution in [3.05, 3.63) is 72.1 Å². The van der Waals surface area contributed by atoms with Crippen molar-refractivity contribution >= 4 is 15.9 Å². The van der Waals surface area contributed by atoms with Crippen LogP contribution in [0, 0.1) is 5.82 Å². The first-order chi connectivity index (χ1) is 17.0. The van der Waals surface area contributed by atoms with Gasteiger partial charge in [-0.25, -0.2) is 12.8 Å². The minimum Gasteiger partial charge on any atom is -0.506 e. The highest BCUT2D eigenvalue weighted by Crippen LogP contribution is 2.32. The SMILES string of the molecule is O=C(NCc1cc(-c2ccc(C(F)(F)F)nc2)c(O)cn1)C1CCCN1S(=O)(=O)c1ccc(F)cc1. The Morgan fingerprint density at radius 2 is 1.83 bits per heavy atom. The minimum atomic E-state index is -4.60. The zero-order chi connectivity index (χ0) is 26.1. The van der Waals surface area contributed by atoms with Gasteiger partial charge >= 0.3 is 6.18 Å². The van der Waals surface area contributed by atoms with Gasteiger partial charge in [-0.2, -0.15) is 17.5 Å². The summed E-state index contributed by atoms with van der Waals surface area (Å²) >= 11 is 0. The van der Waals surface area contributed by atoms with Crippen LogP contribution in [0.3, 0.4) is 0 Å². The number of halogens is 4. The molecule has 0 bridgehead atoms. The van der Waals surface area contributed by atoms with Crippen LogP contribution >= 0.6 is 0 Å². The van der Waals surface area contributed by atoms with E-state index in [0.29, 0.717) is 6.42 Å². The predicted octanol–water partition coefficient (Wildman–Crippen LogP) is 3.48. The molecule has 0 saturated carbocycles. The zero-order valence-electron chi connectivity index (χ0n) is 18.5. The molecular formula is C23H20F4N4O4S. The van der Waals surface area contributed by atoms with Crippen molar-refractivity contribution in [2.24, 2.45) is 0 Å². The van der Waals surface area contributed by atoms with Crippen LogP contribution < -0.4 is 5.32 Å². The molecule has 1 aromatic carbocycles. The molecule has 1 unspecified atom stereocenters. The summed E-state index contributed by atoms with van der Waals surface area (Å²) in [5, 5.41) is 12.7. The average molecular weight is 524 g/mol. The van der Waals surface area contributed by atoms with Crippen LogP contribution in [0.1, 0.15) is 24.2 Å². The Balaban J connectivity index is 1.47. The fourth-order valence-electron chi connectivity index (χ4n) is 3.87. The molecule has 13 heteroatoms. The standard InChI is InChI=1S/C23H20F4N4O4S/c24-15-4-6-17(7-5-15)36(34,35)31-9-1-2-19(31)22(33)30-12-16-10-18(20(32)13-28-16)14-3-8-21(29-11-14)23(25,26)27/h3-8,10-11,13,19,32H,1-2,9,12H2,(H,30,33). The van der Waals surface area contributed by atoms with Crippen molar-refractivity contribution in [2.45, 2.75) is 36.5 Å². The van der Waals surface area contributed by atoms with Crippen LogP contribution in [0.4, 0.5) is 17.6 Å². The highest BCUT2D eigenvalue weighted by Gasteiger charge is 2.39. The van der Waals surface area contributed by atoms with Gasteiger partial charge in [0.05, 0.1) is 23.3 Å². The maximum absolute atomic E-state index is 13.2. The minimum absolute atomic E-state index is 0.124. The van der Waals surface area contributed by atoms with E-state index in [2.05, 4.69) is 15.3 Å². The lowest BCUT2D eigenvalue weighted by Crippen LogP contribution is -2.45. The van der Waals surface area contributed by atoms with Gasteiger partial charge in [-0.1, -0.05) is 6.07 Å². The number of carbonyl (C=O) groups excluding carboxylic acids is 1. The lowest BCUT2D eigenvalue weighted by Gasteiger charge is -2.23. The van der Waals surface area contributed by atoms with Crippen LogP contribution in [-0.4, -0.2) is 46.3 Å². The molecule has 3 aromatic rings. The van der Waals surface area contributed by atoms with E-state index >= 15 is 0 Å². The van der Waals surface area contributed by atoms with E-state index in [9.17, 15) is 35.9 Å². The number of benzene rings is 1. The maximum atomic E-state index is 13.2. The van der Waals surface area contributed by atoms with Crippen LogP contribution in [0.15, 0.2) is 59.8 Å². The van der Waals surface area contributed by atoms with Gasteiger partial charge in [0.1, 0.15) is 23.3 Å². The number of sulfonamides is 1. The van der Waals surface area contributed by atoms with E-state index in [4.69, 9.17) is 0 Å². The van der Waals surface area contributed by atoms with E-state index < -0.39 is 39.7 Å². The molecule has 8 nitrogen and oxygen atoms in total. The quantitative estimate of drug-likeness (QED) is 0.478. The molecule has 0 radical (unpaired) electrons. The second kappa shape index (κ2) is 9.82. The number of aromatic nitrogens is 2. The van der Waals surface area contributed by atoms with E-state index in [1.807, 2.05) is 0 Å². The first-order valence-corrected chi connectivity index (χ1v) is 12.2. The van der Waals surface area contributed by atoms with Gasteiger partial charge < -0.3 is 10.4 Å². The number of carbonyl (C=O) groups is 1.